The van der Waals surface area contributed by atoms with Crippen molar-refractivity contribution in [3.8, 4) is 0 Å². The lowest BCUT2D eigenvalue weighted by molar-refractivity contribution is 0.484. The first-order valence-electron chi connectivity index (χ1n) is 4.41. The van der Waals surface area contributed by atoms with Crippen molar-refractivity contribution < 1.29 is 8.42 Å². The van der Waals surface area contributed by atoms with Crippen LogP contribution in [0, 0.1) is 0 Å². The number of anilines is 1. The predicted octanol–water partition coefficient (Wildman–Crippen LogP) is 0.840. The van der Waals surface area contributed by atoms with Crippen LogP contribution in [0.5, 0.6) is 0 Å². The number of hydrogen-bond donors (Lipinski definition) is 1. The summed E-state index contributed by atoms with van der Waals surface area (Å²) in [6, 6.07) is 0.116. The lowest BCUT2D eigenvalue weighted by Gasteiger charge is -2.10. The van der Waals surface area contributed by atoms with Gasteiger partial charge < -0.3 is 5.73 Å². The fraction of sp³-hybridized carbons (Fsp3) is 0.625. The largest absolute Gasteiger partial charge is 0.383 e. The zero-order chi connectivity index (χ0) is 10.9. The molecule has 0 aliphatic carbocycles. The molecule has 80 valence electrons. The van der Waals surface area contributed by atoms with Crippen molar-refractivity contribution in [2.75, 3.05) is 12.0 Å². The van der Waals surface area contributed by atoms with Crippen molar-refractivity contribution in [1.82, 2.24) is 9.78 Å². The predicted molar refractivity (Wildman–Crippen MR) is 54.8 cm³/mol. The number of sulfone groups is 1. The van der Waals surface area contributed by atoms with E-state index in [0.29, 0.717) is 0 Å². The van der Waals surface area contributed by atoms with Crippen LogP contribution in [0.4, 0.5) is 5.82 Å². The van der Waals surface area contributed by atoms with Crippen LogP contribution >= 0.6 is 0 Å². The first-order valence-corrected chi connectivity index (χ1v) is 6.30. The Labute approximate surface area is 83.8 Å². The summed E-state index contributed by atoms with van der Waals surface area (Å²) in [5.41, 5.74) is 5.69. The standard InChI is InChI=1S/C8H15N3O2S/c1-4-6(2)11-8(9)7(5-10-11)14(3,12)13/h5-6H,4,9H2,1-3H3. The van der Waals surface area contributed by atoms with Crippen LogP contribution in [0.2, 0.25) is 0 Å². The number of rotatable bonds is 3. The summed E-state index contributed by atoms with van der Waals surface area (Å²) in [6.45, 7) is 3.93. The molecular weight excluding hydrogens is 202 g/mol. The van der Waals surface area contributed by atoms with Crippen LogP contribution in [-0.4, -0.2) is 24.5 Å². The number of hydrogen-bond acceptors (Lipinski definition) is 4. The third-order valence-electron chi connectivity index (χ3n) is 2.21. The molecule has 5 nitrogen and oxygen atoms in total. The molecule has 0 aromatic carbocycles. The molecule has 1 aromatic rings. The van der Waals surface area contributed by atoms with Gasteiger partial charge in [-0.05, 0) is 13.3 Å². The molecule has 0 radical (unpaired) electrons. The minimum absolute atomic E-state index is 0.109. The second kappa shape index (κ2) is 3.61. The molecule has 0 amide bonds. The van der Waals surface area contributed by atoms with Gasteiger partial charge in [0.25, 0.3) is 0 Å². The van der Waals surface area contributed by atoms with Crippen molar-refractivity contribution in [3.05, 3.63) is 6.20 Å². The Kier molecular flexibility index (Phi) is 2.84. The van der Waals surface area contributed by atoms with Crippen molar-refractivity contribution in [2.45, 2.75) is 31.2 Å². The monoisotopic (exact) mass is 217 g/mol. The minimum Gasteiger partial charge on any atom is -0.383 e. The van der Waals surface area contributed by atoms with Crippen molar-refractivity contribution >= 4 is 15.7 Å². The zero-order valence-electron chi connectivity index (χ0n) is 8.56. The first kappa shape index (κ1) is 11.0. The Balaban J connectivity index is 3.22. The van der Waals surface area contributed by atoms with Gasteiger partial charge in [0.15, 0.2) is 9.84 Å². The molecule has 0 saturated heterocycles. The van der Waals surface area contributed by atoms with E-state index in [1.807, 2.05) is 13.8 Å². The molecule has 1 heterocycles. The summed E-state index contributed by atoms with van der Waals surface area (Å²) >= 11 is 0. The lowest BCUT2D eigenvalue weighted by Crippen LogP contribution is -2.10. The van der Waals surface area contributed by atoms with E-state index in [2.05, 4.69) is 5.10 Å². The van der Waals surface area contributed by atoms with E-state index in [1.165, 1.54) is 10.9 Å². The van der Waals surface area contributed by atoms with Gasteiger partial charge >= 0.3 is 0 Å². The molecule has 1 unspecified atom stereocenters. The van der Waals surface area contributed by atoms with E-state index in [0.717, 1.165) is 12.7 Å². The molecule has 0 fully saturated rings. The molecule has 1 atom stereocenters. The molecule has 0 bridgehead atoms. The fourth-order valence-corrected chi connectivity index (χ4v) is 1.88. The van der Waals surface area contributed by atoms with Crippen molar-refractivity contribution in [2.24, 2.45) is 0 Å². The molecule has 14 heavy (non-hydrogen) atoms. The maximum atomic E-state index is 11.2. The molecule has 6 heteroatoms. The topological polar surface area (TPSA) is 78.0 Å². The maximum Gasteiger partial charge on any atom is 0.180 e. The van der Waals surface area contributed by atoms with Gasteiger partial charge in [0.2, 0.25) is 0 Å². The molecule has 0 spiro atoms. The van der Waals surface area contributed by atoms with Gasteiger partial charge in [0, 0.05) is 6.26 Å². The zero-order valence-corrected chi connectivity index (χ0v) is 9.37. The molecule has 1 rings (SSSR count). The highest BCUT2D eigenvalue weighted by molar-refractivity contribution is 7.90. The van der Waals surface area contributed by atoms with Crippen LogP contribution in [0.1, 0.15) is 26.3 Å². The van der Waals surface area contributed by atoms with E-state index >= 15 is 0 Å². The normalized spacial score (nSPS) is 14.2. The van der Waals surface area contributed by atoms with E-state index in [4.69, 9.17) is 5.73 Å². The highest BCUT2D eigenvalue weighted by Gasteiger charge is 2.18. The number of nitrogens with two attached hydrogens (primary N) is 1. The van der Waals surface area contributed by atoms with Gasteiger partial charge in [-0.25, -0.2) is 13.1 Å². The van der Waals surface area contributed by atoms with Gasteiger partial charge in [-0.3, -0.25) is 0 Å². The van der Waals surface area contributed by atoms with Crippen LogP contribution < -0.4 is 5.73 Å². The molecule has 0 aliphatic rings. The van der Waals surface area contributed by atoms with Crippen molar-refractivity contribution in [3.63, 3.8) is 0 Å². The SMILES string of the molecule is CCC(C)n1ncc(S(C)(=O)=O)c1N. The van der Waals surface area contributed by atoms with Gasteiger partial charge in [0.1, 0.15) is 10.7 Å². The van der Waals surface area contributed by atoms with Crippen molar-refractivity contribution in [1.29, 1.82) is 0 Å². The third kappa shape index (κ3) is 1.89. The maximum absolute atomic E-state index is 11.2. The third-order valence-corrected chi connectivity index (χ3v) is 3.32. The smallest absolute Gasteiger partial charge is 0.180 e. The quantitative estimate of drug-likeness (QED) is 0.813. The molecule has 0 aliphatic heterocycles. The summed E-state index contributed by atoms with van der Waals surface area (Å²) in [6.07, 6.45) is 3.28. The van der Waals surface area contributed by atoms with Gasteiger partial charge in [0.05, 0.1) is 12.2 Å². The summed E-state index contributed by atoms with van der Waals surface area (Å²) in [5.74, 6) is 0.224. The number of nitrogen functional groups attached to an aromatic ring is 1. The summed E-state index contributed by atoms with van der Waals surface area (Å²) < 4.78 is 24.0. The van der Waals surface area contributed by atoms with E-state index in [9.17, 15) is 8.42 Å². The number of aromatic nitrogens is 2. The van der Waals surface area contributed by atoms with E-state index in [-0.39, 0.29) is 16.8 Å². The van der Waals surface area contributed by atoms with Crippen LogP contribution in [-0.2, 0) is 9.84 Å². The minimum atomic E-state index is -3.26. The Morgan fingerprint density at radius 3 is 2.57 bits per heavy atom. The van der Waals surface area contributed by atoms with E-state index in [1.54, 1.807) is 0 Å². The van der Waals surface area contributed by atoms with Gasteiger partial charge in [-0.15, -0.1) is 0 Å². The van der Waals surface area contributed by atoms with Gasteiger partial charge in [-0.2, -0.15) is 5.10 Å². The molecule has 2 N–H and O–H groups in total. The Morgan fingerprint density at radius 1 is 1.64 bits per heavy atom. The Morgan fingerprint density at radius 2 is 2.21 bits per heavy atom. The highest BCUT2D eigenvalue weighted by Crippen LogP contribution is 2.21. The summed E-state index contributed by atoms with van der Waals surface area (Å²) in [5, 5.41) is 3.97. The second-order valence-electron chi connectivity index (χ2n) is 3.37. The number of nitrogens with zero attached hydrogens (tertiary/aromatic N) is 2. The highest BCUT2D eigenvalue weighted by atomic mass is 32.2. The first-order chi connectivity index (χ1) is 6.38. The lowest BCUT2D eigenvalue weighted by atomic mass is 10.3. The summed E-state index contributed by atoms with van der Waals surface area (Å²) in [4.78, 5) is 0.109. The fourth-order valence-electron chi connectivity index (χ4n) is 1.17. The average Bonchev–Trinajstić information content (AvgIpc) is 2.45. The van der Waals surface area contributed by atoms with Crippen LogP contribution in [0.15, 0.2) is 11.1 Å². The molecular formula is C8H15N3O2S. The molecule has 1 aromatic heterocycles. The van der Waals surface area contributed by atoms with Gasteiger partial charge in [-0.1, -0.05) is 6.92 Å². The second-order valence-corrected chi connectivity index (χ2v) is 5.35. The Bertz CT molecular complexity index is 422. The van der Waals surface area contributed by atoms with Crippen LogP contribution in [0.3, 0.4) is 0 Å². The Hall–Kier alpha value is -1.04. The van der Waals surface area contributed by atoms with Crippen LogP contribution in [0.25, 0.3) is 0 Å². The van der Waals surface area contributed by atoms with E-state index < -0.39 is 9.84 Å². The molecule has 0 saturated carbocycles. The average molecular weight is 217 g/mol. The summed E-state index contributed by atoms with van der Waals surface area (Å²) in [7, 11) is -3.26.